The van der Waals surface area contributed by atoms with Gasteiger partial charge in [-0.05, 0) is 90.5 Å². The summed E-state index contributed by atoms with van der Waals surface area (Å²) < 4.78 is 5.74. The smallest absolute Gasteiger partial charge is 0.303 e. The molecule has 0 rings (SSSR count). The lowest BCUT2D eigenvalue weighted by Gasteiger charge is -2.26. The molecular weight excluding hydrogens is 656 g/mol. The number of carbonyl (C=O) groups is 2. The van der Waals surface area contributed by atoms with Gasteiger partial charge in [-0.15, -0.1) is 0 Å². The molecule has 3 N–H and O–H groups in total. The lowest BCUT2D eigenvalue weighted by atomic mass is 10.1. The van der Waals surface area contributed by atoms with Gasteiger partial charge in [0.2, 0.25) is 0 Å². The fourth-order valence-corrected chi connectivity index (χ4v) is 6.86. The number of rotatable bonds is 43. The third-order valence-corrected chi connectivity index (χ3v) is 10.1. The molecule has 0 bridgehead atoms. The van der Waals surface area contributed by atoms with Gasteiger partial charge >= 0.3 is 11.9 Å². The molecule has 0 atom stereocenters. The number of carboxylic acids is 2. The summed E-state index contributed by atoms with van der Waals surface area (Å²) in [5, 5.41) is 27.2. The maximum atomic E-state index is 11.4. The van der Waals surface area contributed by atoms with Crippen molar-refractivity contribution in [1.82, 2.24) is 9.80 Å². The fraction of sp³-hybridized carbons (Fsp3) is 0.907. The van der Waals surface area contributed by atoms with E-state index in [1.807, 2.05) is 5.94 Å². The molecule has 0 unspecified atom stereocenters. The number of hydrogen-bond donors (Lipinski definition) is 3. The van der Waals surface area contributed by atoms with E-state index in [4.69, 9.17) is 14.9 Å². The molecular formula is C43H82N2O7. The quantitative estimate of drug-likeness (QED) is 0.0318. The van der Waals surface area contributed by atoms with Gasteiger partial charge in [-0.3, -0.25) is 9.59 Å². The largest absolute Gasteiger partial charge is 0.487 e. The van der Waals surface area contributed by atoms with Crippen molar-refractivity contribution in [1.29, 1.82) is 0 Å². The predicted octanol–water partition coefficient (Wildman–Crippen LogP) is 10.2. The van der Waals surface area contributed by atoms with Crippen molar-refractivity contribution in [2.24, 2.45) is 0 Å². The first-order chi connectivity index (χ1) is 25.4. The van der Waals surface area contributed by atoms with Crippen molar-refractivity contribution in [3.63, 3.8) is 0 Å². The lowest BCUT2D eigenvalue weighted by molar-refractivity contribution is -0.138. The van der Waals surface area contributed by atoms with Crippen LogP contribution in [0, 0.1) is 0 Å². The molecule has 9 heteroatoms. The Kier molecular flexibility index (Phi) is 38.8. The van der Waals surface area contributed by atoms with E-state index in [0.717, 1.165) is 148 Å². The van der Waals surface area contributed by atoms with E-state index in [1.165, 1.54) is 64.2 Å². The van der Waals surface area contributed by atoms with Gasteiger partial charge in [0, 0.05) is 32.4 Å². The van der Waals surface area contributed by atoms with Crippen molar-refractivity contribution in [2.75, 3.05) is 52.5 Å². The van der Waals surface area contributed by atoms with Gasteiger partial charge in [0.15, 0.2) is 11.7 Å². The molecule has 52 heavy (non-hydrogen) atoms. The summed E-state index contributed by atoms with van der Waals surface area (Å²) in [5.74, 6) is 1.10. The van der Waals surface area contributed by atoms with Crippen molar-refractivity contribution in [2.45, 2.75) is 200 Å². The van der Waals surface area contributed by atoms with Crippen LogP contribution < -0.4 is 0 Å². The molecule has 0 saturated carbocycles. The van der Waals surface area contributed by atoms with Crippen molar-refractivity contribution < 1.29 is 34.4 Å². The van der Waals surface area contributed by atoms with E-state index in [-0.39, 0.29) is 19.4 Å². The van der Waals surface area contributed by atoms with Crippen LogP contribution in [0.25, 0.3) is 0 Å². The Balaban J connectivity index is 4.27. The molecule has 0 aliphatic carbocycles. The number of carbonyl (C=O) groups excluding carboxylic acids is 1. The zero-order valence-corrected chi connectivity index (χ0v) is 33.7. The highest BCUT2D eigenvalue weighted by molar-refractivity contribution is 5.66. The van der Waals surface area contributed by atoms with Crippen LogP contribution in [0.4, 0.5) is 0 Å². The molecule has 0 amide bonds. The van der Waals surface area contributed by atoms with Crippen LogP contribution in [-0.2, 0) is 19.1 Å². The van der Waals surface area contributed by atoms with E-state index in [2.05, 4.69) is 16.7 Å². The van der Waals surface area contributed by atoms with Gasteiger partial charge in [-0.1, -0.05) is 122 Å². The molecule has 0 aliphatic rings. The number of hydrogen-bond acceptors (Lipinski definition) is 7. The monoisotopic (exact) mass is 739 g/mol. The second kappa shape index (κ2) is 40.3. The average molecular weight is 739 g/mol. The topological polar surface area (TPSA) is 128 Å². The Morgan fingerprint density at radius 3 is 1.21 bits per heavy atom. The van der Waals surface area contributed by atoms with E-state index < -0.39 is 11.9 Å². The first-order valence-electron chi connectivity index (χ1n) is 21.8. The molecule has 0 aromatic rings. The molecule has 0 aromatic heterocycles. The molecule has 0 spiro atoms. The summed E-state index contributed by atoms with van der Waals surface area (Å²) in [6.45, 7) is 9.31. The summed E-state index contributed by atoms with van der Waals surface area (Å²) in [4.78, 5) is 38.0. The van der Waals surface area contributed by atoms with E-state index in [0.29, 0.717) is 18.8 Å². The third kappa shape index (κ3) is 37.8. The van der Waals surface area contributed by atoms with Crippen molar-refractivity contribution in [3.05, 3.63) is 5.76 Å². The standard InChI is InChI=1S/C43H82N2O7/c1-2-3-4-5-6-7-8-9-19-26-39-52-41(40-47)29-20-13-10-16-25-34-45(37-28-38-46)36-27-35-44(32-23-17-11-14-21-30-42(48)49)33-24-18-12-15-22-31-43(50)51/h46H,2-39H2,1H3,(H,48,49)(H,50,51). The molecule has 0 aliphatic heterocycles. The molecule has 306 valence electrons. The number of aliphatic hydroxyl groups excluding tert-OH is 1. The Morgan fingerprint density at radius 2 is 0.808 bits per heavy atom. The van der Waals surface area contributed by atoms with Gasteiger partial charge < -0.3 is 29.9 Å². The molecule has 0 aromatic carbocycles. The Bertz CT molecular complexity index is 821. The number of carboxylic acid groups (broad SMARTS) is 2. The second-order valence-electron chi connectivity index (χ2n) is 15.0. The summed E-state index contributed by atoms with van der Waals surface area (Å²) in [6, 6.07) is 0. The molecule has 0 heterocycles. The van der Waals surface area contributed by atoms with Gasteiger partial charge in [-0.25, -0.2) is 4.79 Å². The minimum Gasteiger partial charge on any atom is -0.487 e. The zero-order valence-electron chi connectivity index (χ0n) is 33.7. The lowest BCUT2D eigenvalue weighted by Crippen LogP contribution is -2.33. The zero-order chi connectivity index (χ0) is 38.2. The second-order valence-corrected chi connectivity index (χ2v) is 15.0. The highest BCUT2D eigenvalue weighted by atomic mass is 16.5. The maximum absolute atomic E-state index is 11.4. The highest BCUT2D eigenvalue weighted by Crippen LogP contribution is 2.15. The van der Waals surface area contributed by atoms with Gasteiger partial charge in [0.05, 0.1) is 6.61 Å². The van der Waals surface area contributed by atoms with Crippen LogP contribution in [0.15, 0.2) is 5.76 Å². The summed E-state index contributed by atoms with van der Waals surface area (Å²) in [6.07, 6.45) is 31.7. The van der Waals surface area contributed by atoms with Crippen LogP contribution in [0.5, 0.6) is 0 Å². The van der Waals surface area contributed by atoms with Crippen LogP contribution in [0.3, 0.4) is 0 Å². The number of aliphatic carboxylic acids is 2. The predicted molar refractivity (Wildman–Crippen MR) is 215 cm³/mol. The number of aliphatic hydroxyl groups is 1. The Labute approximate surface area is 319 Å². The molecule has 9 nitrogen and oxygen atoms in total. The molecule has 0 fully saturated rings. The van der Waals surface area contributed by atoms with E-state index in [9.17, 15) is 19.5 Å². The number of nitrogens with zero attached hydrogens (tertiary/aromatic N) is 2. The van der Waals surface area contributed by atoms with Crippen LogP contribution in [-0.4, -0.2) is 95.5 Å². The fourth-order valence-electron chi connectivity index (χ4n) is 6.86. The SMILES string of the molecule is CCCCCCCCCCCCOC(=C=O)CCCCCCCN(CCCO)CCCN(CCCCCCCC(=O)O)CCCCCCCC(=O)O. The number of allylic oxidation sites excluding steroid dienone is 1. The number of unbranched alkanes of at least 4 members (excludes halogenated alkanes) is 21. The Hall–Kier alpha value is -1.93. The van der Waals surface area contributed by atoms with Crippen molar-refractivity contribution in [3.8, 4) is 0 Å². The maximum Gasteiger partial charge on any atom is 0.303 e. The van der Waals surface area contributed by atoms with E-state index in [1.54, 1.807) is 0 Å². The Morgan fingerprint density at radius 1 is 0.462 bits per heavy atom. The average Bonchev–Trinajstić information content (AvgIpc) is 3.12. The van der Waals surface area contributed by atoms with E-state index >= 15 is 0 Å². The van der Waals surface area contributed by atoms with Crippen LogP contribution in [0.1, 0.15) is 200 Å². The number of ether oxygens (including phenoxy) is 1. The van der Waals surface area contributed by atoms with Crippen LogP contribution >= 0.6 is 0 Å². The van der Waals surface area contributed by atoms with Crippen LogP contribution in [0.2, 0.25) is 0 Å². The minimum absolute atomic E-state index is 0.218. The minimum atomic E-state index is -0.708. The molecule has 0 radical (unpaired) electrons. The first-order valence-corrected chi connectivity index (χ1v) is 21.8. The first kappa shape index (κ1) is 50.1. The summed E-state index contributed by atoms with van der Waals surface area (Å²) in [5.41, 5.74) is 0. The molecule has 0 saturated heterocycles. The third-order valence-electron chi connectivity index (χ3n) is 10.1. The van der Waals surface area contributed by atoms with Gasteiger partial charge in [0.25, 0.3) is 0 Å². The summed E-state index contributed by atoms with van der Waals surface area (Å²) in [7, 11) is 0. The van der Waals surface area contributed by atoms with Crippen molar-refractivity contribution >= 4 is 17.9 Å². The normalized spacial score (nSPS) is 11.4. The van der Waals surface area contributed by atoms with Gasteiger partial charge in [0.1, 0.15) is 0 Å². The van der Waals surface area contributed by atoms with Gasteiger partial charge in [-0.2, -0.15) is 0 Å². The highest BCUT2D eigenvalue weighted by Gasteiger charge is 2.09. The summed E-state index contributed by atoms with van der Waals surface area (Å²) >= 11 is 0.